The predicted octanol–water partition coefficient (Wildman–Crippen LogP) is 3.82. The predicted molar refractivity (Wildman–Crippen MR) is 80.3 cm³/mol. The minimum absolute atomic E-state index is 0.350. The van der Waals surface area contributed by atoms with Crippen LogP contribution >= 0.6 is 0 Å². The third-order valence-corrected chi connectivity index (χ3v) is 3.36. The largest absolute Gasteiger partial charge is 0.389 e. The minimum Gasteiger partial charge on any atom is -0.389 e. The van der Waals surface area contributed by atoms with Crippen LogP contribution in [0.3, 0.4) is 0 Å². The number of rotatable bonds is 4. The maximum Gasteiger partial charge on any atom is 0.131 e. The van der Waals surface area contributed by atoms with Gasteiger partial charge in [-0.05, 0) is 31.5 Å². The first-order valence-corrected chi connectivity index (χ1v) is 6.72. The first-order chi connectivity index (χ1) is 9.49. The summed E-state index contributed by atoms with van der Waals surface area (Å²) in [6.07, 6.45) is -0.828. The summed E-state index contributed by atoms with van der Waals surface area (Å²) in [5.74, 6) is -0.367. The second-order valence-electron chi connectivity index (χ2n) is 5.19. The number of aliphatic hydroxyl groups is 1. The Morgan fingerprint density at radius 2 is 1.90 bits per heavy atom. The molecule has 0 spiro atoms. The number of hydrogen-bond acceptors (Lipinski definition) is 2. The van der Waals surface area contributed by atoms with Gasteiger partial charge in [0.1, 0.15) is 5.82 Å². The number of anilines is 1. The monoisotopic (exact) mass is 273 g/mol. The lowest BCUT2D eigenvalue weighted by Gasteiger charge is -2.24. The summed E-state index contributed by atoms with van der Waals surface area (Å²) in [5, 5.41) is 9.78. The molecule has 0 saturated heterocycles. The molecule has 106 valence electrons. The highest BCUT2D eigenvalue weighted by Crippen LogP contribution is 2.29. The molecule has 0 aliphatic rings. The average Bonchev–Trinajstić information content (AvgIpc) is 2.37. The van der Waals surface area contributed by atoms with E-state index in [1.165, 1.54) is 11.6 Å². The molecule has 0 saturated carbocycles. The Labute approximate surface area is 119 Å². The number of benzene rings is 2. The van der Waals surface area contributed by atoms with Crippen LogP contribution in [0.4, 0.5) is 10.1 Å². The Bertz CT molecular complexity index is 595. The first-order valence-electron chi connectivity index (χ1n) is 6.72. The Hall–Kier alpha value is -1.87. The average molecular weight is 273 g/mol. The molecule has 0 aliphatic heterocycles. The standard InChI is InChI=1S/C17H20FNO/c1-12-6-4-7-14(10-12)11-19(3)16-9-5-8-15(18)17(16)13(2)20/h4-10,13,20H,11H2,1-3H3/t13-/m0/s1. The SMILES string of the molecule is Cc1cccc(CN(C)c2cccc(F)c2[C@H](C)O)c1. The van der Waals surface area contributed by atoms with Crippen molar-refractivity contribution < 1.29 is 9.50 Å². The van der Waals surface area contributed by atoms with Crippen LogP contribution in [0.5, 0.6) is 0 Å². The zero-order chi connectivity index (χ0) is 14.7. The zero-order valence-electron chi connectivity index (χ0n) is 12.1. The summed E-state index contributed by atoms with van der Waals surface area (Å²) in [7, 11) is 1.91. The van der Waals surface area contributed by atoms with E-state index < -0.39 is 6.10 Å². The molecule has 1 atom stereocenters. The summed E-state index contributed by atoms with van der Waals surface area (Å²) in [5.41, 5.74) is 3.43. The van der Waals surface area contributed by atoms with Crippen LogP contribution in [-0.4, -0.2) is 12.2 Å². The second-order valence-corrected chi connectivity index (χ2v) is 5.19. The smallest absolute Gasteiger partial charge is 0.131 e. The number of hydrogen-bond donors (Lipinski definition) is 1. The van der Waals surface area contributed by atoms with Gasteiger partial charge in [-0.25, -0.2) is 4.39 Å². The zero-order valence-corrected chi connectivity index (χ0v) is 12.1. The van der Waals surface area contributed by atoms with Crippen molar-refractivity contribution in [2.75, 3.05) is 11.9 Å². The maximum absolute atomic E-state index is 13.9. The molecule has 2 aromatic rings. The van der Waals surface area contributed by atoms with Gasteiger partial charge in [-0.2, -0.15) is 0 Å². The second kappa shape index (κ2) is 6.06. The normalized spacial score (nSPS) is 12.2. The van der Waals surface area contributed by atoms with Gasteiger partial charge in [-0.15, -0.1) is 0 Å². The summed E-state index contributed by atoms with van der Waals surface area (Å²) >= 11 is 0. The van der Waals surface area contributed by atoms with Crippen molar-refractivity contribution in [1.82, 2.24) is 0 Å². The Kier molecular flexibility index (Phi) is 4.40. The molecule has 0 aromatic heterocycles. The minimum atomic E-state index is -0.828. The quantitative estimate of drug-likeness (QED) is 0.915. The van der Waals surface area contributed by atoms with Crippen molar-refractivity contribution >= 4 is 5.69 Å². The highest BCUT2D eigenvalue weighted by Gasteiger charge is 2.16. The van der Waals surface area contributed by atoms with Crippen molar-refractivity contribution in [3.63, 3.8) is 0 Å². The number of nitrogens with zero attached hydrogens (tertiary/aromatic N) is 1. The Balaban J connectivity index is 2.30. The van der Waals surface area contributed by atoms with E-state index in [1.807, 2.05) is 43.1 Å². The van der Waals surface area contributed by atoms with Crippen LogP contribution in [0.25, 0.3) is 0 Å². The van der Waals surface area contributed by atoms with Crippen LogP contribution < -0.4 is 4.90 Å². The van der Waals surface area contributed by atoms with Crippen molar-refractivity contribution in [1.29, 1.82) is 0 Å². The summed E-state index contributed by atoms with van der Waals surface area (Å²) in [6, 6.07) is 13.1. The number of halogens is 1. The molecule has 0 radical (unpaired) electrons. The lowest BCUT2D eigenvalue weighted by atomic mass is 10.1. The van der Waals surface area contributed by atoms with E-state index >= 15 is 0 Å². The molecule has 2 nitrogen and oxygen atoms in total. The third kappa shape index (κ3) is 3.17. The molecule has 0 aliphatic carbocycles. The fourth-order valence-corrected chi connectivity index (χ4v) is 2.44. The summed E-state index contributed by atoms with van der Waals surface area (Å²) in [4.78, 5) is 1.96. The van der Waals surface area contributed by atoms with Crippen LogP contribution in [0.2, 0.25) is 0 Å². The summed E-state index contributed by atoms with van der Waals surface area (Å²) < 4.78 is 13.9. The third-order valence-electron chi connectivity index (χ3n) is 3.36. The van der Waals surface area contributed by atoms with Crippen molar-refractivity contribution in [3.05, 3.63) is 65.0 Å². The van der Waals surface area contributed by atoms with E-state index in [-0.39, 0.29) is 5.82 Å². The van der Waals surface area contributed by atoms with Gasteiger partial charge in [0.25, 0.3) is 0 Å². The van der Waals surface area contributed by atoms with Crippen LogP contribution in [0.15, 0.2) is 42.5 Å². The fraction of sp³-hybridized carbons (Fsp3) is 0.294. The highest BCUT2D eigenvalue weighted by atomic mass is 19.1. The molecule has 0 heterocycles. The van der Waals surface area contributed by atoms with Gasteiger partial charge in [0, 0.05) is 24.8 Å². The lowest BCUT2D eigenvalue weighted by Crippen LogP contribution is -2.19. The Morgan fingerprint density at radius 3 is 2.55 bits per heavy atom. The van der Waals surface area contributed by atoms with Gasteiger partial charge in [0.15, 0.2) is 0 Å². The molecular formula is C17H20FNO. The van der Waals surface area contributed by atoms with Crippen molar-refractivity contribution in [2.24, 2.45) is 0 Å². The van der Waals surface area contributed by atoms with E-state index in [0.717, 1.165) is 11.3 Å². The number of aryl methyl sites for hydroxylation is 1. The van der Waals surface area contributed by atoms with Crippen LogP contribution in [0.1, 0.15) is 29.7 Å². The molecule has 2 rings (SSSR count). The van der Waals surface area contributed by atoms with E-state index in [4.69, 9.17) is 0 Å². The molecule has 3 heteroatoms. The van der Waals surface area contributed by atoms with Gasteiger partial charge in [0.2, 0.25) is 0 Å². The van der Waals surface area contributed by atoms with Crippen molar-refractivity contribution in [3.8, 4) is 0 Å². The van der Waals surface area contributed by atoms with Crippen LogP contribution in [0, 0.1) is 12.7 Å². The first kappa shape index (κ1) is 14.5. The van der Waals surface area contributed by atoms with Gasteiger partial charge in [-0.1, -0.05) is 35.9 Å². The van der Waals surface area contributed by atoms with E-state index in [2.05, 4.69) is 6.07 Å². The van der Waals surface area contributed by atoms with E-state index in [9.17, 15) is 9.50 Å². The van der Waals surface area contributed by atoms with Gasteiger partial charge >= 0.3 is 0 Å². The lowest BCUT2D eigenvalue weighted by molar-refractivity contribution is 0.194. The Morgan fingerprint density at radius 1 is 1.20 bits per heavy atom. The van der Waals surface area contributed by atoms with E-state index in [1.54, 1.807) is 13.0 Å². The van der Waals surface area contributed by atoms with Gasteiger partial charge < -0.3 is 10.0 Å². The molecule has 20 heavy (non-hydrogen) atoms. The maximum atomic E-state index is 13.9. The van der Waals surface area contributed by atoms with E-state index in [0.29, 0.717) is 12.1 Å². The summed E-state index contributed by atoms with van der Waals surface area (Å²) in [6.45, 7) is 4.31. The molecule has 0 bridgehead atoms. The molecule has 1 N–H and O–H groups in total. The topological polar surface area (TPSA) is 23.5 Å². The number of aliphatic hydroxyl groups excluding tert-OH is 1. The van der Waals surface area contributed by atoms with Gasteiger partial charge in [-0.3, -0.25) is 0 Å². The molecular weight excluding hydrogens is 253 g/mol. The fourth-order valence-electron chi connectivity index (χ4n) is 2.44. The van der Waals surface area contributed by atoms with Gasteiger partial charge in [0.05, 0.1) is 6.10 Å². The molecule has 0 unspecified atom stereocenters. The van der Waals surface area contributed by atoms with Crippen molar-refractivity contribution in [2.45, 2.75) is 26.5 Å². The van der Waals surface area contributed by atoms with Crippen LogP contribution in [-0.2, 0) is 6.54 Å². The highest BCUT2D eigenvalue weighted by molar-refractivity contribution is 5.55. The molecule has 2 aromatic carbocycles. The molecule has 0 amide bonds. The molecule has 0 fully saturated rings.